The predicted octanol–water partition coefficient (Wildman–Crippen LogP) is 4.16. The minimum Gasteiger partial charge on any atom is -0.507 e. The molecule has 3 rings (SSSR count). The Bertz CT molecular complexity index is 1150. The van der Waals surface area contributed by atoms with Crippen molar-refractivity contribution in [2.24, 2.45) is 4.99 Å². The highest BCUT2D eigenvalue weighted by molar-refractivity contribution is 7.89. The first-order valence-corrected chi connectivity index (χ1v) is 9.94. The summed E-state index contributed by atoms with van der Waals surface area (Å²) in [5.74, 6) is 0.129. The van der Waals surface area contributed by atoms with Gasteiger partial charge in [0.05, 0.1) is 10.6 Å². The first-order valence-electron chi connectivity index (χ1n) is 8.50. The molecule has 0 aromatic heterocycles. The van der Waals surface area contributed by atoms with Crippen LogP contribution < -0.4 is 0 Å². The average molecular weight is 382 g/mol. The Labute approximate surface area is 159 Å². The summed E-state index contributed by atoms with van der Waals surface area (Å²) in [6.07, 6.45) is 1.59. The van der Waals surface area contributed by atoms with Crippen molar-refractivity contribution in [2.75, 3.05) is 14.1 Å². The van der Waals surface area contributed by atoms with Gasteiger partial charge >= 0.3 is 0 Å². The fraction of sp³-hybridized carbons (Fsp3) is 0.190. The molecular formula is C21H22N2O3S. The van der Waals surface area contributed by atoms with E-state index in [4.69, 9.17) is 0 Å². The third kappa shape index (κ3) is 3.59. The van der Waals surface area contributed by atoms with Crippen molar-refractivity contribution >= 4 is 32.7 Å². The Hall–Kier alpha value is -2.70. The molecule has 0 heterocycles. The second-order valence-corrected chi connectivity index (χ2v) is 8.80. The zero-order valence-corrected chi connectivity index (χ0v) is 16.6. The lowest BCUT2D eigenvalue weighted by atomic mass is 10.0. The first kappa shape index (κ1) is 19.1. The topological polar surface area (TPSA) is 70.0 Å². The van der Waals surface area contributed by atoms with Crippen molar-refractivity contribution in [1.82, 2.24) is 4.31 Å². The van der Waals surface area contributed by atoms with Gasteiger partial charge < -0.3 is 5.11 Å². The molecule has 140 valence electrons. The van der Waals surface area contributed by atoms with Crippen LogP contribution in [0, 0.1) is 13.8 Å². The van der Waals surface area contributed by atoms with Gasteiger partial charge in [0.2, 0.25) is 10.0 Å². The molecule has 0 bridgehead atoms. The van der Waals surface area contributed by atoms with Gasteiger partial charge in [-0.05, 0) is 53.9 Å². The molecule has 0 aliphatic heterocycles. The second-order valence-electron chi connectivity index (χ2n) is 6.65. The van der Waals surface area contributed by atoms with Crippen molar-refractivity contribution in [3.8, 4) is 5.75 Å². The van der Waals surface area contributed by atoms with E-state index in [1.807, 2.05) is 44.2 Å². The summed E-state index contributed by atoms with van der Waals surface area (Å²) >= 11 is 0. The Kier molecular flexibility index (Phi) is 5.04. The third-order valence-corrected chi connectivity index (χ3v) is 6.47. The van der Waals surface area contributed by atoms with Gasteiger partial charge in [-0.1, -0.05) is 30.3 Å². The molecule has 0 radical (unpaired) electrons. The number of benzene rings is 3. The maximum absolute atomic E-state index is 12.5. The summed E-state index contributed by atoms with van der Waals surface area (Å²) in [6.45, 7) is 3.76. The lowest BCUT2D eigenvalue weighted by Gasteiger charge is -2.14. The van der Waals surface area contributed by atoms with Crippen molar-refractivity contribution in [1.29, 1.82) is 0 Å². The molecule has 0 saturated heterocycles. The van der Waals surface area contributed by atoms with Gasteiger partial charge in [-0.3, -0.25) is 4.99 Å². The minimum absolute atomic E-state index is 0.129. The number of rotatable bonds is 4. The van der Waals surface area contributed by atoms with Gasteiger partial charge in [0.25, 0.3) is 0 Å². The summed E-state index contributed by atoms with van der Waals surface area (Å²) in [5, 5.41) is 12.1. The fourth-order valence-electron chi connectivity index (χ4n) is 2.86. The molecular weight excluding hydrogens is 360 g/mol. The van der Waals surface area contributed by atoms with Crippen LogP contribution in [0.25, 0.3) is 10.8 Å². The number of nitrogens with zero attached hydrogens (tertiary/aromatic N) is 2. The number of sulfonamides is 1. The van der Waals surface area contributed by atoms with E-state index < -0.39 is 10.0 Å². The van der Waals surface area contributed by atoms with E-state index in [0.29, 0.717) is 11.3 Å². The van der Waals surface area contributed by atoms with E-state index >= 15 is 0 Å². The molecule has 1 N–H and O–H groups in total. The molecule has 0 unspecified atom stereocenters. The molecule has 0 aliphatic rings. The highest BCUT2D eigenvalue weighted by atomic mass is 32.2. The summed E-state index contributed by atoms with van der Waals surface area (Å²) < 4.78 is 26.2. The van der Waals surface area contributed by atoms with E-state index in [-0.39, 0.29) is 10.6 Å². The fourth-order valence-corrected chi connectivity index (χ4v) is 3.86. The standard InChI is InChI=1S/C21H22N2O3S/c1-14-11-17(27(25,26)23(3)4)12-20(15(14)2)22-13-19-18-8-6-5-7-16(18)9-10-21(19)24/h5-13,24H,1-4H3. The van der Waals surface area contributed by atoms with E-state index in [2.05, 4.69) is 4.99 Å². The van der Waals surface area contributed by atoms with Crippen molar-refractivity contribution < 1.29 is 13.5 Å². The minimum atomic E-state index is -3.55. The van der Waals surface area contributed by atoms with Crippen LogP contribution in [0.2, 0.25) is 0 Å². The van der Waals surface area contributed by atoms with Crippen LogP contribution in [0.5, 0.6) is 5.75 Å². The number of fused-ring (bicyclic) bond motifs is 1. The van der Waals surface area contributed by atoms with E-state index in [1.165, 1.54) is 18.4 Å². The molecule has 3 aromatic rings. The van der Waals surface area contributed by atoms with E-state index in [0.717, 1.165) is 21.9 Å². The Morgan fingerprint density at radius 3 is 2.44 bits per heavy atom. The van der Waals surface area contributed by atoms with Gasteiger partial charge in [-0.25, -0.2) is 12.7 Å². The molecule has 0 aliphatic carbocycles. The van der Waals surface area contributed by atoms with Gasteiger partial charge in [0.15, 0.2) is 0 Å². The van der Waals surface area contributed by atoms with Crippen LogP contribution in [0.3, 0.4) is 0 Å². The van der Waals surface area contributed by atoms with Crippen LogP contribution in [-0.4, -0.2) is 38.1 Å². The highest BCUT2D eigenvalue weighted by Gasteiger charge is 2.19. The maximum atomic E-state index is 12.5. The number of hydrogen-bond donors (Lipinski definition) is 1. The van der Waals surface area contributed by atoms with Crippen LogP contribution in [-0.2, 0) is 10.0 Å². The number of hydrogen-bond acceptors (Lipinski definition) is 4. The lowest BCUT2D eigenvalue weighted by molar-refractivity contribution is 0.475. The maximum Gasteiger partial charge on any atom is 0.242 e. The number of aryl methyl sites for hydroxylation is 1. The van der Waals surface area contributed by atoms with E-state index in [1.54, 1.807) is 24.4 Å². The number of aromatic hydroxyl groups is 1. The normalized spacial score (nSPS) is 12.3. The highest BCUT2D eigenvalue weighted by Crippen LogP contribution is 2.30. The van der Waals surface area contributed by atoms with Crippen LogP contribution in [0.4, 0.5) is 5.69 Å². The first-order chi connectivity index (χ1) is 12.7. The monoisotopic (exact) mass is 382 g/mol. The number of aliphatic imine (C=N–C) groups is 1. The summed E-state index contributed by atoms with van der Waals surface area (Å²) in [7, 11) is -0.551. The summed E-state index contributed by atoms with van der Waals surface area (Å²) in [6, 6.07) is 14.4. The molecule has 3 aromatic carbocycles. The Balaban J connectivity index is 2.14. The van der Waals surface area contributed by atoms with Crippen molar-refractivity contribution in [3.05, 3.63) is 65.2 Å². The molecule has 0 saturated carbocycles. The smallest absolute Gasteiger partial charge is 0.242 e. The SMILES string of the molecule is Cc1cc(S(=O)(=O)N(C)C)cc(N=Cc2c(O)ccc3ccccc23)c1C. The lowest BCUT2D eigenvalue weighted by Crippen LogP contribution is -2.22. The van der Waals surface area contributed by atoms with E-state index in [9.17, 15) is 13.5 Å². The van der Waals surface area contributed by atoms with Crippen LogP contribution in [0.15, 0.2) is 58.4 Å². The molecule has 0 atom stereocenters. The predicted molar refractivity (Wildman–Crippen MR) is 110 cm³/mol. The van der Waals surface area contributed by atoms with Gasteiger partial charge in [0.1, 0.15) is 5.75 Å². The quantitative estimate of drug-likeness (QED) is 0.689. The summed E-state index contributed by atoms with van der Waals surface area (Å²) in [4.78, 5) is 4.71. The second kappa shape index (κ2) is 7.13. The van der Waals surface area contributed by atoms with Gasteiger partial charge in [0, 0.05) is 25.9 Å². The Morgan fingerprint density at radius 1 is 1.04 bits per heavy atom. The number of phenols is 1. The van der Waals surface area contributed by atoms with Gasteiger partial charge in [-0.15, -0.1) is 0 Å². The molecule has 0 fully saturated rings. The molecule has 0 spiro atoms. The zero-order chi connectivity index (χ0) is 19.8. The largest absolute Gasteiger partial charge is 0.507 e. The zero-order valence-electron chi connectivity index (χ0n) is 15.8. The Morgan fingerprint density at radius 2 is 1.74 bits per heavy atom. The van der Waals surface area contributed by atoms with Crippen LogP contribution >= 0.6 is 0 Å². The number of phenolic OH excluding ortho intramolecular Hbond substituents is 1. The molecule has 27 heavy (non-hydrogen) atoms. The van der Waals surface area contributed by atoms with Crippen molar-refractivity contribution in [2.45, 2.75) is 18.7 Å². The van der Waals surface area contributed by atoms with Crippen LogP contribution in [0.1, 0.15) is 16.7 Å². The summed E-state index contributed by atoms with van der Waals surface area (Å²) in [5.41, 5.74) is 2.89. The molecule has 5 nitrogen and oxygen atoms in total. The average Bonchev–Trinajstić information content (AvgIpc) is 2.63. The third-order valence-electron chi connectivity index (χ3n) is 4.67. The molecule has 0 amide bonds. The van der Waals surface area contributed by atoms with Gasteiger partial charge in [-0.2, -0.15) is 0 Å². The molecule has 6 heteroatoms. The van der Waals surface area contributed by atoms with Crippen molar-refractivity contribution in [3.63, 3.8) is 0 Å².